The van der Waals surface area contributed by atoms with E-state index in [0.29, 0.717) is 11.6 Å². The van der Waals surface area contributed by atoms with E-state index in [1.807, 2.05) is 45.9 Å². The van der Waals surface area contributed by atoms with Gasteiger partial charge in [-0.05, 0) is 37.1 Å². The monoisotopic (exact) mass is 306 g/mol. The highest BCUT2D eigenvalue weighted by Crippen LogP contribution is 2.24. The molecule has 1 unspecified atom stereocenters. The van der Waals surface area contributed by atoms with Crippen molar-refractivity contribution in [3.8, 4) is 0 Å². The van der Waals surface area contributed by atoms with Crippen LogP contribution in [0.15, 0.2) is 18.2 Å². The number of hydrogen-bond acceptors (Lipinski definition) is 3. The average molecular weight is 306 g/mol. The molecule has 4 nitrogen and oxygen atoms in total. The molecule has 1 fully saturated rings. The smallest absolute Gasteiger partial charge is 0.248 e. The van der Waals surface area contributed by atoms with E-state index in [0.717, 1.165) is 11.3 Å². The predicted molar refractivity (Wildman–Crippen MR) is 87.3 cm³/mol. The van der Waals surface area contributed by atoms with Crippen molar-refractivity contribution >= 4 is 29.3 Å². The van der Waals surface area contributed by atoms with E-state index in [2.05, 4.69) is 5.32 Å². The lowest BCUT2D eigenvalue weighted by Gasteiger charge is -2.24. The van der Waals surface area contributed by atoms with Gasteiger partial charge < -0.3 is 10.2 Å². The summed E-state index contributed by atoms with van der Waals surface area (Å²) in [6.07, 6.45) is 0. The van der Waals surface area contributed by atoms with Crippen LogP contribution in [0.5, 0.6) is 0 Å². The number of anilines is 1. The molecule has 21 heavy (non-hydrogen) atoms. The Morgan fingerprint density at radius 2 is 2.00 bits per heavy atom. The Bertz CT molecular complexity index is 557. The lowest BCUT2D eigenvalue weighted by Crippen LogP contribution is -2.46. The average Bonchev–Trinajstić information content (AvgIpc) is 2.91. The Morgan fingerprint density at radius 3 is 2.62 bits per heavy atom. The molecule has 114 valence electrons. The van der Waals surface area contributed by atoms with Gasteiger partial charge in [0.15, 0.2) is 0 Å². The number of aryl methyl sites for hydroxylation is 2. The van der Waals surface area contributed by atoms with E-state index in [9.17, 15) is 9.59 Å². The summed E-state index contributed by atoms with van der Waals surface area (Å²) in [5.41, 5.74) is 3.13. The molecule has 0 saturated carbocycles. The molecule has 1 aromatic rings. The van der Waals surface area contributed by atoms with Crippen LogP contribution in [0.25, 0.3) is 0 Å². The van der Waals surface area contributed by atoms with Crippen molar-refractivity contribution in [2.45, 2.75) is 33.7 Å². The molecule has 1 aliphatic rings. The van der Waals surface area contributed by atoms with Crippen molar-refractivity contribution in [2.24, 2.45) is 5.92 Å². The van der Waals surface area contributed by atoms with Gasteiger partial charge in [0.05, 0.1) is 5.88 Å². The van der Waals surface area contributed by atoms with E-state index in [1.165, 1.54) is 5.56 Å². The third kappa shape index (κ3) is 3.59. The molecule has 5 heteroatoms. The van der Waals surface area contributed by atoms with Crippen LogP contribution in [0.4, 0.5) is 5.69 Å². The second-order valence-electron chi connectivity index (χ2n) is 5.77. The van der Waals surface area contributed by atoms with Crippen LogP contribution in [0.3, 0.4) is 0 Å². The first kappa shape index (κ1) is 15.9. The van der Waals surface area contributed by atoms with E-state index in [1.54, 1.807) is 16.7 Å². The molecule has 1 heterocycles. The number of thioether (sulfide) groups is 1. The highest BCUT2D eigenvalue weighted by atomic mass is 32.2. The van der Waals surface area contributed by atoms with E-state index < -0.39 is 0 Å². The summed E-state index contributed by atoms with van der Waals surface area (Å²) in [6.45, 7) is 7.79. The van der Waals surface area contributed by atoms with Crippen molar-refractivity contribution < 1.29 is 9.59 Å². The first-order valence-corrected chi connectivity index (χ1v) is 8.32. The van der Waals surface area contributed by atoms with Gasteiger partial charge in [-0.2, -0.15) is 0 Å². The summed E-state index contributed by atoms with van der Waals surface area (Å²) in [7, 11) is 0. The quantitative estimate of drug-likeness (QED) is 0.934. The van der Waals surface area contributed by atoms with Gasteiger partial charge in [0, 0.05) is 17.4 Å². The fourth-order valence-corrected chi connectivity index (χ4v) is 3.42. The molecule has 2 rings (SSSR count). The number of carbonyl (C=O) groups excluding carboxylic acids is 2. The number of amides is 2. The third-order valence-corrected chi connectivity index (χ3v) is 4.75. The lowest BCUT2D eigenvalue weighted by atomic mass is 10.1. The molecule has 0 aromatic heterocycles. The van der Waals surface area contributed by atoms with Crippen molar-refractivity contribution in [3.05, 3.63) is 29.3 Å². The number of rotatable bonds is 3. The van der Waals surface area contributed by atoms with Crippen molar-refractivity contribution in [1.29, 1.82) is 0 Å². The van der Waals surface area contributed by atoms with Gasteiger partial charge >= 0.3 is 0 Å². The first-order valence-electron chi connectivity index (χ1n) is 7.16. The molecule has 0 spiro atoms. The van der Waals surface area contributed by atoms with Crippen LogP contribution in [-0.2, 0) is 9.59 Å². The molecule has 0 bridgehead atoms. The zero-order chi connectivity index (χ0) is 15.6. The van der Waals surface area contributed by atoms with Crippen molar-refractivity contribution in [2.75, 3.05) is 16.9 Å². The van der Waals surface area contributed by atoms with E-state index >= 15 is 0 Å². The molecule has 0 aliphatic carbocycles. The van der Waals surface area contributed by atoms with Gasteiger partial charge in [-0.25, -0.2) is 0 Å². The SMILES string of the molecule is Cc1ccc(NC(=O)C2CSCN2C(=O)C(C)C)cc1C. The largest absolute Gasteiger partial charge is 0.324 e. The Morgan fingerprint density at radius 1 is 1.29 bits per heavy atom. The minimum Gasteiger partial charge on any atom is -0.324 e. The molecule has 1 aromatic carbocycles. The summed E-state index contributed by atoms with van der Waals surface area (Å²) < 4.78 is 0. The Balaban J connectivity index is 2.08. The maximum atomic E-state index is 12.4. The maximum Gasteiger partial charge on any atom is 0.248 e. The molecule has 1 aliphatic heterocycles. The summed E-state index contributed by atoms with van der Waals surface area (Å²) >= 11 is 1.62. The summed E-state index contributed by atoms with van der Waals surface area (Å²) in [5.74, 6) is 1.12. The normalized spacial score (nSPS) is 18.1. The second-order valence-corrected chi connectivity index (χ2v) is 6.77. The van der Waals surface area contributed by atoms with E-state index in [4.69, 9.17) is 0 Å². The topological polar surface area (TPSA) is 49.4 Å². The standard InChI is InChI=1S/C16H22N2O2S/c1-10(2)16(20)18-9-21-8-14(18)15(19)17-13-6-5-11(3)12(4)7-13/h5-7,10,14H,8-9H2,1-4H3,(H,17,19). The van der Waals surface area contributed by atoms with Crippen LogP contribution >= 0.6 is 11.8 Å². The van der Waals surface area contributed by atoms with Gasteiger partial charge in [0.1, 0.15) is 6.04 Å². The zero-order valence-electron chi connectivity index (χ0n) is 13.0. The van der Waals surface area contributed by atoms with Gasteiger partial charge in [-0.1, -0.05) is 19.9 Å². The van der Waals surface area contributed by atoms with Crippen LogP contribution in [0, 0.1) is 19.8 Å². The molecule has 2 amide bonds. The molecule has 1 saturated heterocycles. The van der Waals surface area contributed by atoms with Gasteiger partial charge in [0.2, 0.25) is 11.8 Å². The number of benzene rings is 1. The van der Waals surface area contributed by atoms with Gasteiger partial charge in [-0.3, -0.25) is 9.59 Å². The van der Waals surface area contributed by atoms with Gasteiger partial charge in [0.25, 0.3) is 0 Å². The van der Waals surface area contributed by atoms with Crippen LogP contribution < -0.4 is 5.32 Å². The fraction of sp³-hybridized carbons (Fsp3) is 0.500. The van der Waals surface area contributed by atoms with Crippen LogP contribution in [0.1, 0.15) is 25.0 Å². The minimum absolute atomic E-state index is 0.0419. The Hall–Kier alpha value is -1.49. The van der Waals surface area contributed by atoms with Crippen molar-refractivity contribution in [1.82, 2.24) is 4.90 Å². The van der Waals surface area contributed by atoms with Gasteiger partial charge in [-0.15, -0.1) is 11.8 Å². The van der Waals surface area contributed by atoms with Crippen molar-refractivity contribution in [3.63, 3.8) is 0 Å². The zero-order valence-corrected chi connectivity index (χ0v) is 13.8. The maximum absolute atomic E-state index is 12.4. The van der Waals surface area contributed by atoms with E-state index in [-0.39, 0.29) is 23.8 Å². The molecule has 1 N–H and O–H groups in total. The lowest BCUT2D eigenvalue weighted by molar-refractivity contribution is -0.138. The highest BCUT2D eigenvalue weighted by molar-refractivity contribution is 7.99. The highest BCUT2D eigenvalue weighted by Gasteiger charge is 2.35. The number of nitrogens with zero attached hydrogens (tertiary/aromatic N) is 1. The number of nitrogens with one attached hydrogen (secondary N) is 1. The number of hydrogen-bond donors (Lipinski definition) is 1. The fourth-order valence-electron chi connectivity index (χ4n) is 2.25. The molecule has 0 radical (unpaired) electrons. The van der Waals surface area contributed by atoms with Crippen LogP contribution in [-0.4, -0.2) is 34.4 Å². The summed E-state index contributed by atoms with van der Waals surface area (Å²) in [6, 6.07) is 5.48. The Labute approximate surface area is 130 Å². The Kier molecular flexibility index (Phi) is 4.93. The summed E-state index contributed by atoms with van der Waals surface area (Å²) in [4.78, 5) is 26.3. The predicted octanol–water partition coefficient (Wildman–Crippen LogP) is 2.80. The first-order chi connectivity index (χ1) is 9.90. The minimum atomic E-state index is -0.369. The molecular formula is C16H22N2O2S. The van der Waals surface area contributed by atoms with Crippen LogP contribution in [0.2, 0.25) is 0 Å². The second kappa shape index (κ2) is 6.52. The number of carbonyl (C=O) groups is 2. The summed E-state index contributed by atoms with van der Waals surface area (Å²) in [5, 5.41) is 2.93. The third-order valence-electron chi connectivity index (χ3n) is 3.74. The molecule has 1 atom stereocenters. The molecular weight excluding hydrogens is 284 g/mol.